The molecule has 3 nitrogen and oxygen atoms in total. The van der Waals surface area contributed by atoms with Crippen LogP contribution in [0.15, 0.2) is 0 Å². The Bertz CT molecular complexity index is 134. The second-order valence-electron chi connectivity index (χ2n) is 3.42. The highest BCUT2D eigenvalue weighted by Crippen LogP contribution is 2.11. The molecule has 0 aliphatic heterocycles. The van der Waals surface area contributed by atoms with Crippen molar-refractivity contribution in [1.82, 2.24) is 0 Å². The first-order valence-electron chi connectivity index (χ1n) is 4.94. The molecule has 0 spiro atoms. The summed E-state index contributed by atoms with van der Waals surface area (Å²) in [6.45, 7) is 1.74. The molecule has 78 valence electrons. The third kappa shape index (κ3) is 6.72. The Morgan fingerprint density at radius 3 is 2.23 bits per heavy atom. The van der Waals surface area contributed by atoms with Gasteiger partial charge in [-0.25, -0.2) is 0 Å². The number of rotatable bonds is 8. The lowest BCUT2D eigenvalue weighted by Crippen LogP contribution is -2.15. The molecule has 13 heavy (non-hydrogen) atoms. The lowest BCUT2D eigenvalue weighted by atomic mass is 9.98. The fraction of sp³-hybridized carbons (Fsp3) is 0.900. The minimum atomic E-state index is -0.172. The maximum Gasteiger partial charge on any atom is 0.135 e. The number of hydrogen-bond acceptors (Lipinski definition) is 3. The van der Waals surface area contributed by atoms with Gasteiger partial charge in [-0.1, -0.05) is 19.3 Å². The van der Waals surface area contributed by atoms with Crippen LogP contribution in [-0.2, 0) is 4.79 Å². The van der Waals surface area contributed by atoms with E-state index in [9.17, 15) is 4.79 Å². The summed E-state index contributed by atoms with van der Waals surface area (Å²) in [7, 11) is 0. The fourth-order valence-electron chi connectivity index (χ4n) is 1.28. The van der Waals surface area contributed by atoms with Crippen molar-refractivity contribution in [3.05, 3.63) is 0 Å². The lowest BCUT2D eigenvalue weighted by Gasteiger charge is -2.09. The molecule has 0 aromatic rings. The van der Waals surface area contributed by atoms with Crippen LogP contribution >= 0.6 is 0 Å². The number of carbonyl (C=O) groups excluding carboxylic acids is 1. The molecule has 2 N–H and O–H groups in total. The smallest absolute Gasteiger partial charge is 0.135 e. The van der Waals surface area contributed by atoms with Crippen LogP contribution < -0.4 is 0 Å². The summed E-state index contributed by atoms with van der Waals surface area (Å²) < 4.78 is 0. The van der Waals surface area contributed by atoms with E-state index in [1.165, 1.54) is 6.92 Å². The molecular weight excluding hydrogens is 168 g/mol. The summed E-state index contributed by atoms with van der Waals surface area (Å²) in [4.78, 5) is 10.9. The Morgan fingerprint density at radius 1 is 1.15 bits per heavy atom. The molecule has 0 aliphatic rings. The molecule has 0 saturated carbocycles. The van der Waals surface area contributed by atoms with E-state index in [0.29, 0.717) is 0 Å². The topological polar surface area (TPSA) is 57.5 Å². The summed E-state index contributed by atoms with van der Waals surface area (Å²) >= 11 is 0. The van der Waals surface area contributed by atoms with Crippen LogP contribution in [0, 0.1) is 5.92 Å². The summed E-state index contributed by atoms with van der Waals surface area (Å²) in [6.07, 6.45) is 4.61. The molecule has 0 aromatic heterocycles. The summed E-state index contributed by atoms with van der Waals surface area (Å²) in [5.41, 5.74) is 0. The molecule has 0 aromatic carbocycles. The number of hydrogen-bond donors (Lipinski definition) is 2. The first kappa shape index (κ1) is 12.6. The molecule has 1 atom stereocenters. The zero-order valence-corrected chi connectivity index (χ0v) is 8.33. The first-order valence-corrected chi connectivity index (χ1v) is 4.94. The van der Waals surface area contributed by atoms with Gasteiger partial charge >= 0.3 is 0 Å². The Kier molecular flexibility index (Phi) is 7.94. The van der Waals surface area contributed by atoms with Crippen molar-refractivity contribution in [3.8, 4) is 0 Å². The molecule has 0 rings (SSSR count). The van der Waals surface area contributed by atoms with Gasteiger partial charge in [0, 0.05) is 12.5 Å². The molecule has 0 bridgehead atoms. The van der Waals surface area contributed by atoms with E-state index in [0.717, 1.165) is 32.1 Å². The van der Waals surface area contributed by atoms with Crippen LogP contribution in [-0.4, -0.2) is 29.2 Å². The molecule has 0 fully saturated rings. The highest BCUT2D eigenvalue weighted by atomic mass is 16.3. The highest BCUT2D eigenvalue weighted by Gasteiger charge is 2.11. The quantitative estimate of drug-likeness (QED) is 0.561. The monoisotopic (exact) mass is 188 g/mol. The minimum Gasteiger partial charge on any atom is -0.396 e. The van der Waals surface area contributed by atoms with E-state index < -0.39 is 0 Å². The normalized spacial score (nSPS) is 12.8. The Morgan fingerprint density at radius 2 is 1.77 bits per heavy atom. The molecule has 0 saturated heterocycles. The van der Waals surface area contributed by atoms with Gasteiger partial charge in [0.25, 0.3) is 0 Å². The number of ketones is 1. The average Bonchev–Trinajstić information content (AvgIpc) is 2.10. The lowest BCUT2D eigenvalue weighted by molar-refractivity contribution is -0.122. The number of unbranched alkanes of at least 4 members (excludes halogenated alkanes) is 3. The van der Waals surface area contributed by atoms with Crippen LogP contribution in [0.5, 0.6) is 0 Å². The largest absolute Gasteiger partial charge is 0.396 e. The van der Waals surface area contributed by atoms with Gasteiger partial charge in [0.15, 0.2) is 0 Å². The van der Waals surface area contributed by atoms with Gasteiger partial charge < -0.3 is 10.2 Å². The van der Waals surface area contributed by atoms with Gasteiger partial charge in [0.2, 0.25) is 0 Å². The Labute approximate surface area is 79.8 Å². The van der Waals surface area contributed by atoms with E-state index >= 15 is 0 Å². The van der Waals surface area contributed by atoms with Gasteiger partial charge in [0.1, 0.15) is 5.78 Å². The van der Waals surface area contributed by atoms with Crippen molar-refractivity contribution in [3.63, 3.8) is 0 Å². The van der Waals surface area contributed by atoms with Crippen LogP contribution in [0.25, 0.3) is 0 Å². The van der Waals surface area contributed by atoms with Crippen LogP contribution in [0.3, 0.4) is 0 Å². The fourth-order valence-corrected chi connectivity index (χ4v) is 1.28. The third-order valence-electron chi connectivity index (χ3n) is 2.26. The molecule has 1 unspecified atom stereocenters. The Balaban J connectivity index is 3.33. The van der Waals surface area contributed by atoms with Crippen molar-refractivity contribution in [2.75, 3.05) is 13.2 Å². The highest BCUT2D eigenvalue weighted by molar-refractivity contribution is 5.78. The van der Waals surface area contributed by atoms with Gasteiger partial charge in [-0.2, -0.15) is 0 Å². The van der Waals surface area contributed by atoms with E-state index in [1.54, 1.807) is 0 Å². The second-order valence-corrected chi connectivity index (χ2v) is 3.42. The third-order valence-corrected chi connectivity index (χ3v) is 2.26. The van der Waals surface area contributed by atoms with Crippen molar-refractivity contribution in [2.24, 2.45) is 5.92 Å². The number of aliphatic hydroxyl groups excluding tert-OH is 2. The second kappa shape index (κ2) is 8.20. The predicted molar refractivity (Wildman–Crippen MR) is 51.4 cm³/mol. The van der Waals surface area contributed by atoms with E-state index in [4.69, 9.17) is 10.2 Å². The van der Waals surface area contributed by atoms with Crippen LogP contribution in [0.1, 0.15) is 39.0 Å². The molecule has 3 heteroatoms. The van der Waals surface area contributed by atoms with E-state index in [-0.39, 0.29) is 24.9 Å². The standard InChI is InChI=1S/C10H20O3/c1-9(13)10(8-12)6-4-2-3-5-7-11/h10-12H,2-8H2,1H3. The first-order chi connectivity index (χ1) is 6.22. The van der Waals surface area contributed by atoms with Gasteiger partial charge in [-0.3, -0.25) is 4.79 Å². The van der Waals surface area contributed by atoms with Crippen molar-refractivity contribution >= 4 is 5.78 Å². The molecule has 0 aliphatic carbocycles. The zero-order valence-electron chi connectivity index (χ0n) is 8.33. The summed E-state index contributed by atoms with van der Waals surface area (Å²) in [5.74, 6) is -0.0983. The van der Waals surface area contributed by atoms with Crippen molar-refractivity contribution < 1.29 is 15.0 Å². The van der Waals surface area contributed by atoms with Crippen molar-refractivity contribution in [2.45, 2.75) is 39.0 Å². The molecule has 0 radical (unpaired) electrons. The number of Topliss-reactive ketones (excluding diaryl/α,β-unsaturated/α-hetero) is 1. The van der Waals surface area contributed by atoms with Gasteiger partial charge in [-0.15, -0.1) is 0 Å². The van der Waals surface area contributed by atoms with E-state index in [2.05, 4.69) is 0 Å². The maximum atomic E-state index is 10.9. The SMILES string of the molecule is CC(=O)C(CO)CCCCCCO. The zero-order chi connectivity index (χ0) is 10.1. The minimum absolute atomic E-state index is 0.0324. The van der Waals surface area contributed by atoms with Gasteiger partial charge in [0.05, 0.1) is 6.61 Å². The van der Waals surface area contributed by atoms with Crippen LogP contribution in [0.4, 0.5) is 0 Å². The number of aliphatic hydroxyl groups is 2. The Hall–Kier alpha value is -0.410. The molecule has 0 heterocycles. The number of carbonyl (C=O) groups is 1. The predicted octanol–water partition coefficient (Wildman–Crippen LogP) is 1.13. The summed E-state index contributed by atoms with van der Waals surface area (Å²) in [6, 6.07) is 0. The summed E-state index contributed by atoms with van der Waals surface area (Å²) in [5, 5.41) is 17.4. The molecular formula is C10H20O3. The molecule has 0 amide bonds. The van der Waals surface area contributed by atoms with Crippen molar-refractivity contribution in [1.29, 1.82) is 0 Å². The van der Waals surface area contributed by atoms with Crippen LogP contribution in [0.2, 0.25) is 0 Å². The van der Waals surface area contributed by atoms with Gasteiger partial charge in [-0.05, 0) is 19.8 Å². The van der Waals surface area contributed by atoms with E-state index in [1.807, 2.05) is 0 Å². The maximum absolute atomic E-state index is 10.9. The average molecular weight is 188 g/mol.